The Labute approximate surface area is 160 Å². The first-order chi connectivity index (χ1) is 13.1. The molecule has 1 amide bonds. The molecule has 0 bridgehead atoms. The number of aryl methyl sites for hydroxylation is 2. The van der Waals surface area contributed by atoms with Crippen molar-refractivity contribution in [1.82, 2.24) is 10.2 Å². The van der Waals surface area contributed by atoms with Gasteiger partial charge in [-0.05, 0) is 32.3 Å². The molecular weight excluding hydrogens is 340 g/mol. The molecule has 0 saturated carbocycles. The maximum absolute atomic E-state index is 12.8. The van der Waals surface area contributed by atoms with Crippen LogP contribution in [0.2, 0.25) is 0 Å². The van der Waals surface area contributed by atoms with Gasteiger partial charge in [-0.3, -0.25) is 9.69 Å². The largest absolute Gasteiger partial charge is 0.465 e. The molecule has 1 aromatic carbocycles. The molecule has 0 radical (unpaired) electrons. The molecule has 2 aliphatic heterocycles. The van der Waals surface area contributed by atoms with Gasteiger partial charge in [0.2, 0.25) is 0 Å². The zero-order chi connectivity index (χ0) is 18.8. The second-order valence-corrected chi connectivity index (χ2v) is 7.73. The average Bonchev–Trinajstić information content (AvgIpc) is 3.28. The predicted octanol–water partition coefficient (Wildman–Crippen LogP) is 3.36. The number of amides is 1. The van der Waals surface area contributed by atoms with Gasteiger partial charge >= 0.3 is 0 Å². The summed E-state index contributed by atoms with van der Waals surface area (Å²) >= 11 is 0. The van der Waals surface area contributed by atoms with Gasteiger partial charge < -0.3 is 14.5 Å². The summed E-state index contributed by atoms with van der Waals surface area (Å²) < 4.78 is 11.5. The van der Waals surface area contributed by atoms with Gasteiger partial charge in [0.05, 0.1) is 11.7 Å². The van der Waals surface area contributed by atoms with E-state index in [4.69, 9.17) is 9.15 Å². The lowest BCUT2D eigenvalue weighted by Gasteiger charge is -2.26. The predicted molar refractivity (Wildman–Crippen MR) is 104 cm³/mol. The number of furan rings is 1. The number of carbonyl (C=O) groups excluding carboxylic acids is 1. The van der Waals surface area contributed by atoms with Crippen LogP contribution in [0.1, 0.15) is 51.4 Å². The Morgan fingerprint density at radius 2 is 2.07 bits per heavy atom. The molecule has 1 atom stereocenters. The molecule has 1 aromatic heterocycles. The first-order valence-electron chi connectivity index (χ1n) is 9.89. The topological polar surface area (TPSA) is 54.7 Å². The first-order valence-corrected chi connectivity index (χ1v) is 9.89. The van der Waals surface area contributed by atoms with E-state index in [-0.39, 0.29) is 12.0 Å². The van der Waals surface area contributed by atoms with Crippen molar-refractivity contribution in [3.05, 3.63) is 58.0 Å². The first kappa shape index (κ1) is 18.3. The molecular formula is C22H28N2O3. The van der Waals surface area contributed by atoms with Crippen molar-refractivity contribution in [2.75, 3.05) is 19.7 Å². The van der Waals surface area contributed by atoms with E-state index in [1.807, 2.05) is 6.92 Å². The molecule has 3 heterocycles. The van der Waals surface area contributed by atoms with Crippen LogP contribution in [0, 0.1) is 13.8 Å². The van der Waals surface area contributed by atoms with Crippen molar-refractivity contribution in [3.8, 4) is 0 Å². The summed E-state index contributed by atoms with van der Waals surface area (Å²) in [6.07, 6.45) is 3.10. The Balaban J connectivity index is 1.45. The normalized spacial score (nSPS) is 19.9. The van der Waals surface area contributed by atoms with Gasteiger partial charge in [-0.2, -0.15) is 0 Å². The van der Waals surface area contributed by atoms with Crippen LogP contribution in [0.15, 0.2) is 28.7 Å². The van der Waals surface area contributed by atoms with E-state index in [2.05, 4.69) is 41.4 Å². The van der Waals surface area contributed by atoms with Gasteiger partial charge in [0, 0.05) is 44.8 Å². The maximum Gasteiger partial charge on any atom is 0.255 e. The van der Waals surface area contributed by atoms with Gasteiger partial charge in [0.25, 0.3) is 5.91 Å². The van der Waals surface area contributed by atoms with Gasteiger partial charge in [-0.1, -0.05) is 29.8 Å². The van der Waals surface area contributed by atoms with E-state index in [1.165, 1.54) is 11.1 Å². The molecule has 144 valence electrons. The van der Waals surface area contributed by atoms with E-state index in [1.54, 1.807) is 0 Å². The molecule has 4 rings (SSSR count). The number of hydrogen-bond donors (Lipinski definition) is 1. The van der Waals surface area contributed by atoms with Crippen molar-refractivity contribution in [3.63, 3.8) is 0 Å². The Hall–Kier alpha value is -2.11. The smallest absolute Gasteiger partial charge is 0.255 e. The number of nitrogens with one attached hydrogen (secondary N) is 1. The maximum atomic E-state index is 12.8. The van der Waals surface area contributed by atoms with Crippen molar-refractivity contribution < 1.29 is 13.9 Å². The lowest BCUT2D eigenvalue weighted by atomic mass is 10.0. The Morgan fingerprint density at radius 3 is 2.81 bits per heavy atom. The van der Waals surface area contributed by atoms with Crippen molar-refractivity contribution in [1.29, 1.82) is 0 Å². The van der Waals surface area contributed by atoms with Crippen LogP contribution in [-0.4, -0.2) is 36.6 Å². The molecule has 0 spiro atoms. The fourth-order valence-electron chi connectivity index (χ4n) is 4.06. The number of hydrogen-bond acceptors (Lipinski definition) is 4. The minimum absolute atomic E-state index is 0.0369. The SMILES string of the molecule is Cc1ccc(CN2CCc3oc(C)c(C(=O)NCC4CCCO4)c3C2)cc1. The third-order valence-electron chi connectivity index (χ3n) is 5.57. The molecule has 1 N–H and O–H groups in total. The minimum atomic E-state index is -0.0369. The van der Waals surface area contributed by atoms with Gasteiger partial charge in [0.1, 0.15) is 11.5 Å². The second-order valence-electron chi connectivity index (χ2n) is 7.73. The minimum Gasteiger partial charge on any atom is -0.465 e. The quantitative estimate of drug-likeness (QED) is 0.879. The number of nitrogens with zero attached hydrogens (tertiary/aromatic N) is 1. The summed E-state index contributed by atoms with van der Waals surface area (Å²) in [5.41, 5.74) is 4.34. The van der Waals surface area contributed by atoms with E-state index in [0.29, 0.717) is 6.54 Å². The molecule has 1 saturated heterocycles. The monoisotopic (exact) mass is 368 g/mol. The third kappa shape index (κ3) is 4.09. The lowest BCUT2D eigenvalue weighted by Crippen LogP contribution is -2.34. The fourth-order valence-corrected chi connectivity index (χ4v) is 4.06. The highest BCUT2D eigenvalue weighted by molar-refractivity contribution is 5.97. The standard InChI is InChI=1S/C22H28N2O3/c1-15-5-7-17(8-6-15)13-24-10-9-20-19(14-24)21(16(2)27-20)22(25)23-12-18-4-3-11-26-18/h5-8,18H,3-4,9-14H2,1-2H3,(H,23,25). The fraction of sp³-hybridized carbons (Fsp3) is 0.500. The Morgan fingerprint density at radius 1 is 1.26 bits per heavy atom. The van der Waals surface area contributed by atoms with Crippen LogP contribution in [0.5, 0.6) is 0 Å². The Bertz CT molecular complexity index is 804. The number of rotatable bonds is 5. The van der Waals surface area contributed by atoms with Crippen LogP contribution >= 0.6 is 0 Å². The van der Waals surface area contributed by atoms with E-state index >= 15 is 0 Å². The molecule has 0 aliphatic carbocycles. The lowest BCUT2D eigenvalue weighted by molar-refractivity contribution is 0.0855. The molecule has 5 heteroatoms. The van der Waals surface area contributed by atoms with Gasteiger partial charge in [-0.15, -0.1) is 0 Å². The number of fused-ring (bicyclic) bond motifs is 1. The van der Waals surface area contributed by atoms with Crippen molar-refractivity contribution >= 4 is 5.91 Å². The van der Waals surface area contributed by atoms with Gasteiger partial charge in [0.15, 0.2) is 0 Å². The van der Waals surface area contributed by atoms with Crippen LogP contribution < -0.4 is 5.32 Å². The summed E-state index contributed by atoms with van der Waals surface area (Å²) in [6, 6.07) is 8.66. The van der Waals surface area contributed by atoms with Crippen LogP contribution in [-0.2, 0) is 24.2 Å². The summed E-state index contributed by atoms with van der Waals surface area (Å²) in [6.45, 7) is 7.96. The molecule has 1 fully saturated rings. The van der Waals surface area contributed by atoms with E-state index < -0.39 is 0 Å². The highest BCUT2D eigenvalue weighted by Crippen LogP contribution is 2.29. The average molecular weight is 368 g/mol. The van der Waals surface area contributed by atoms with E-state index in [9.17, 15) is 4.79 Å². The zero-order valence-electron chi connectivity index (χ0n) is 16.2. The summed E-state index contributed by atoms with van der Waals surface area (Å²) in [5, 5.41) is 3.05. The highest BCUT2D eigenvalue weighted by atomic mass is 16.5. The molecule has 2 aromatic rings. The Kier molecular flexibility index (Phi) is 5.32. The molecule has 5 nitrogen and oxygen atoms in total. The van der Waals surface area contributed by atoms with Crippen LogP contribution in [0.3, 0.4) is 0 Å². The summed E-state index contributed by atoms with van der Waals surface area (Å²) in [5.74, 6) is 1.65. The molecule has 27 heavy (non-hydrogen) atoms. The van der Waals surface area contributed by atoms with Crippen LogP contribution in [0.25, 0.3) is 0 Å². The highest BCUT2D eigenvalue weighted by Gasteiger charge is 2.28. The number of benzene rings is 1. The summed E-state index contributed by atoms with van der Waals surface area (Å²) in [7, 11) is 0. The van der Waals surface area contributed by atoms with Crippen LogP contribution in [0.4, 0.5) is 0 Å². The zero-order valence-corrected chi connectivity index (χ0v) is 16.2. The number of carbonyl (C=O) groups is 1. The molecule has 1 unspecified atom stereocenters. The third-order valence-corrected chi connectivity index (χ3v) is 5.57. The van der Waals surface area contributed by atoms with Gasteiger partial charge in [-0.25, -0.2) is 0 Å². The molecule has 2 aliphatic rings. The van der Waals surface area contributed by atoms with Crippen molar-refractivity contribution in [2.24, 2.45) is 0 Å². The second kappa shape index (κ2) is 7.87. The summed E-state index contributed by atoms with van der Waals surface area (Å²) in [4.78, 5) is 15.2. The van der Waals surface area contributed by atoms with Crippen molar-refractivity contribution in [2.45, 2.75) is 52.3 Å². The number of ether oxygens (including phenoxy) is 1. The van der Waals surface area contributed by atoms with E-state index in [0.717, 1.165) is 68.2 Å².